The molecule has 2 amide bonds. The maximum atomic E-state index is 13.5. The summed E-state index contributed by atoms with van der Waals surface area (Å²) in [5.74, 6) is -1.50. The molecule has 11 heteroatoms. The Bertz CT molecular complexity index is 1430. The number of carbonyl (C=O) groups excluding carboxylic acids is 2. The summed E-state index contributed by atoms with van der Waals surface area (Å²) in [5.41, 5.74) is 12.5. The number of sulfonamides is 1. The number of rotatable bonds is 15. The number of amides is 2. The molecule has 216 valence electrons. The largest absolute Gasteiger partial charge is 0.398 e. The fraction of sp³-hybridized carbons (Fsp3) is 0.379. The third kappa shape index (κ3) is 8.17. The van der Waals surface area contributed by atoms with Gasteiger partial charge in [0.15, 0.2) is 0 Å². The summed E-state index contributed by atoms with van der Waals surface area (Å²) < 4.78 is 28.1. The molecule has 0 aliphatic rings. The summed E-state index contributed by atoms with van der Waals surface area (Å²) in [5, 5.41) is 15.4. The van der Waals surface area contributed by atoms with E-state index in [2.05, 4.69) is 11.4 Å². The molecule has 6 N–H and O–H groups in total. The van der Waals surface area contributed by atoms with E-state index < -0.39 is 34.5 Å². The number of fused-ring (bicyclic) bond motifs is 1. The lowest BCUT2D eigenvalue weighted by Crippen LogP contribution is -2.46. The lowest BCUT2D eigenvalue weighted by molar-refractivity contribution is -0.122. The molecule has 2 atom stereocenters. The number of aliphatic hydroxyl groups is 1. The highest BCUT2D eigenvalue weighted by molar-refractivity contribution is 7.89. The van der Waals surface area contributed by atoms with Crippen molar-refractivity contribution in [3.8, 4) is 0 Å². The van der Waals surface area contributed by atoms with Crippen LogP contribution in [0.5, 0.6) is 0 Å². The molecule has 3 aromatic rings. The zero-order chi connectivity index (χ0) is 29.3. The molecular weight excluding hydrogens is 552 g/mol. The van der Waals surface area contributed by atoms with Crippen LogP contribution in [0.25, 0.3) is 10.8 Å². The number of nitrogen functional groups attached to an aromatic ring is 1. The van der Waals surface area contributed by atoms with E-state index in [4.69, 9.17) is 23.1 Å². The Kier molecular flexibility index (Phi) is 11.3. The first-order chi connectivity index (χ1) is 19.0. The van der Waals surface area contributed by atoms with Crippen molar-refractivity contribution in [3.63, 3.8) is 0 Å². The minimum Gasteiger partial charge on any atom is -0.398 e. The number of benzene rings is 3. The number of carbonyl (C=O) groups is 2. The number of unbranched alkanes of at least 4 members (excludes halogenated alkanes) is 1. The van der Waals surface area contributed by atoms with Gasteiger partial charge in [-0.2, -0.15) is 4.31 Å². The van der Waals surface area contributed by atoms with Crippen LogP contribution in [0.1, 0.15) is 38.2 Å². The van der Waals surface area contributed by atoms with Gasteiger partial charge in [-0.05, 0) is 53.8 Å². The van der Waals surface area contributed by atoms with Gasteiger partial charge in [0.25, 0.3) is 0 Å². The molecule has 40 heavy (non-hydrogen) atoms. The van der Waals surface area contributed by atoms with Gasteiger partial charge in [0.1, 0.15) is 0 Å². The Hall–Kier alpha value is -3.18. The van der Waals surface area contributed by atoms with E-state index in [0.717, 1.165) is 20.6 Å². The number of aryl methyl sites for hydroxylation is 1. The molecule has 0 saturated carbocycles. The lowest BCUT2D eigenvalue weighted by atomic mass is 10.0. The minimum atomic E-state index is -4.13. The second-order valence-corrected chi connectivity index (χ2v) is 12.2. The molecule has 0 radical (unpaired) electrons. The van der Waals surface area contributed by atoms with Gasteiger partial charge >= 0.3 is 0 Å². The number of hydrogen-bond donors (Lipinski definition) is 4. The number of nitrogens with zero attached hydrogens (tertiary/aromatic N) is 1. The fourth-order valence-electron chi connectivity index (χ4n) is 4.51. The smallest absolute Gasteiger partial charge is 0.243 e. The van der Waals surface area contributed by atoms with Crippen molar-refractivity contribution in [3.05, 3.63) is 71.2 Å². The first-order valence-electron chi connectivity index (χ1n) is 13.2. The highest BCUT2D eigenvalue weighted by Gasteiger charge is 2.33. The van der Waals surface area contributed by atoms with E-state index in [1.165, 1.54) is 25.1 Å². The van der Waals surface area contributed by atoms with Crippen LogP contribution in [0.2, 0.25) is 5.02 Å². The maximum absolute atomic E-state index is 13.5. The minimum absolute atomic E-state index is 0.0636. The molecule has 0 heterocycles. The SMILES string of the molecule is CC(CN(C(CO)CCCCNC(=O)CCc1cccc2ccccc12)S(=O)(=O)c1ccc(N)c(Cl)c1)C(N)=O. The number of hydrogen-bond acceptors (Lipinski definition) is 6. The van der Waals surface area contributed by atoms with Crippen molar-refractivity contribution in [1.82, 2.24) is 9.62 Å². The number of anilines is 1. The van der Waals surface area contributed by atoms with Crippen molar-refractivity contribution in [2.45, 2.75) is 50.0 Å². The van der Waals surface area contributed by atoms with E-state index in [1.54, 1.807) is 0 Å². The third-order valence-electron chi connectivity index (χ3n) is 6.92. The molecule has 2 unspecified atom stereocenters. The zero-order valence-electron chi connectivity index (χ0n) is 22.6. The van der Waals surface area contributed by atoms with Gasteiger partial charge in [-0.3, -0.25) is 9.59 Å². The maximum Gasteiger partial charge on any atom is 0.243 e. The van der Waals surface area contributed by atoms with Gasteiger partial charge in [0.05, 0.1) is 22.2 Å². The average molecular weight is 589 g/mol. The number of nitrogens with two attached hydrogens (primary N) is 2. The van der Waals surface area contributed by atoms with Gasteiger partial charge in [-0.15, -0.1) is 0 Å². The van der Waals surface area contributed by atoms with Gasteiger partial charge in [0.2, 0.25) is 21.8 Å². The quantitative estimate of drug-likeness (QED) is 0.157. The second kappa shape index (κ2) is 14.5. The molecule has 0 saturated heterocycles. The van der Waals surface area contributed by atoms with Crippen molar-refractivity contribution >= 4 is 49.9 Å². The van der Waals surface area contributed by atoms with Gasteiger partial charge in [0, 0.05) is 31.5 Å². The molecule has 0 bridgehead atoms. The molecule has 0 spiro atoms. The summed E-state index contributed by atoms with van der Waals surface area (Å²) in [7, 11) is -4.13. The molecular formula is C29H37ClN4O5S. The first kappa shape index (κ1) is 31.3. The molecule has 0 fully saturated rings. The van der Waals surface area contributed by atoms with E-state index in [9.17, 15) is 23.1 Å². The van der Waals surface area contributed by atoms with Crippen LogP contribution in [0.3, 0.4) is 0 Å². The van der Waals surface area contributed by atoms with Crippen LogP contribution in [-0.2, 0) is 26.0 Å². The van der Waals surface area contributed by atoms with Crippen LogP contribution in [0, 0.1) is 5.92 Å². The van der Waals surface area contributed by atoms with Crippen LogP contribution >= 0.6 is 11.6 Å². The second-order valence-electron chi connectivity index (χ2n) is 9.88. The van der Waals surface area contributed by atoms with E-state index in [1.807, 2.05) is 36.4 Å². The number of primary amides is 1. The summed E-state index contributed by atoms with van der Waals surface area (Å²) in [6, 6.07) is 17.3. The molecule has 0 aromatic heterocycles. The summed E-state index contributed by atoms with van der Waals surface area (Å²) in [4.78, 5) is 24.1. The lowest BCUT2D eigenvalue weighted by Gasteiger charge is -2.31. The van der Waals surface area contributed by atoms with Crippen molar-refractivity contribution in [2.75, 3.05) is 25.4 Å². The van der Waals surface area contributed by atoms with Gasteiger partial charge in [-0.1, -0.05) is 67.4 Å². The molecule has 0 aliphatic carbocycles. The summed E-state index contributed by atoms with van der Waals surface area (Å²) >= 11 is 6.06. The predicted octanol–water partition coefficient (Wildman–Crippen LogP) is 3.47. The van der Waals surface area contributed by atoms with Crippen LogP contribution in [-0.4, -0.2) is 55.4 Å². The van der Waals surface area contributed by atoms with Gasteiger partial charge < -0.3 is 21.9 Å². The van der Waals surface area contributed by atoms with E-state index >= 15 is 0 Å². The average Bonchev–Trinajstić information content (AvgIpc) is 2.93. The van der Waals surface area contributed by atoms with Crippen LogP contribution in [0.15, 0.2) is 65.6 Å². The number of nitrogens with one attached hydrogen (secondary N) is 1. The van der Waals surface area contributed by atoms with Crippen LogP contribution in [0.4, 0.5) is 5.69 Å². The molecule has 3 aromatic carbocycles. The highest BCUT2D eigenvalue weighted by atomic mass is 35.5. The van der Waals surface area contributed by atoms with Crippen molar-refractivity contribution in [1.29, 1.82) is 0 Å². The number of aliphatic hydroxyl groups excluding tert-OH is 1. The topological polar surface area (TPSA) is 156 Å². The number of halogens is 1. The van der Waals surface area contributed by atoms with E-state index in [0.29, 0.717) is 38.6 Å². The van der Waals surface area contributed by atoms with E-state index in [-0.39, 0.29) is 28.1 Å². The summed E-state index contributed by atoms with van der Waals surface area (Å²) in [6.07, 6.45) is 2.42. The molecule has 9 nitrogen and oxygen atoms in total. The molecule has 3 rings (SSSR count). The summed E-state index contributed by atoms with van der Waals surface area (Å²) in [6.45, 7) is 1.30. The predicted molar refractivity (Wildman–Crippen MR) is 158 cm³/mol. The normalized spacial score (nSPS) is 13.3. The Morgan fingerprint density at radius 3 is 2.50 bits per heavy atom. The molecule has 0 aliphatic heterocycles. The first-order valence-corrected chi connectivity index (χ1v) is 15.1. The Balaban J connectivity index is 1.56. The Morgan fingerprint density at radius 2 is 1.80 bits per heavy atom. The van der Waals surface area contributed by atoms with Gasteiger partial charge in [-0.25, -0.2) is 8.42 Å². The standard InChI is InChI=1S/C29H37ClN4O5S/c1-20(29(32)37)18-34(40(38,39)24-13-14-27(31)26(30)17-24)23(19-35)10-4-5-16-33-28(36)15-12-22-9-6-8-21-7-2-3-11-25(21)22/h2-3,6-9,11,13-14,17,20,23,35H,4-5,10,12,15-16,18-19,31H2,1H3,(H2,32,37)(H,33,36). The Morgan fingerprint density at radius 1 is 1.07 bits per heavy atom. The van der Waals surface area contributed by atoms with Crippen molar-refractivity contribution in [2.24, 2.45) is 11.7 Å². The monoisotopic (exact) mass is 588 g/mol. The Labute approximate surface area is 240 Å². The van der Waals surface area contributed by atoms with Crippen molar-refractivity contribution < 1.29 is 23.1 Å². The third-order valence-corrected chi connectivity index (χ3v) is 9.17. The zero-order valence-corrected chi connectivity index (χ0v) is 24.1. The van der Waals surface area contributed by atoms with Crippen LogP contribution < -0.4 is 16.8 Å². The highest BCUT2D eigenvalue weighted by Crippen LogP contribution is 2.27. The fourth-order valence-corrected chi connectivity index (χ4v) is 6.52.